The highest BCUT2D eigenvalue weighted by Gasteiger charge is 2.18. The topological polar surface area (TPSA) is 92.4 Å². The number of hydrogen-bond acceptors (Lipinski definition) is 5. The van der Waals surface area contributed by atoms with Crippen LogP contribution in [0.3, 0.4) is 0 Å². The van der Waals surface area contributed by atoms with E-state index in [1.54, 1.807) is 0 Å². The van der Waals surface area contributed by atoms with E-state index in [9.17, 15) is 9.59 Å². The maximum atomic E-state index is 11.8. The van der Waals surface area contributed by atoms with Crippen molar-refractivity contribution in [2.75, 3.05) is 18.1 Å². The predicted octanol–water partition coefficient (Wildman–Crippen LogP) is 1.72. The van der Waals surface area contributed by atoms with Gasteiger partial charge < -0.3 is 14.9 Å². The molecule has 1 heterocycles. The van der Waals surface area contributed by atoms with Crippen molar-refractivity contribution in [1.29, 1.82) is 0 Å². The van der Waals surface area contributed by atoms with Crippen molar-refractivity contribution in [3.63, 3.8) is 0 Å². The van der Waals surface area contributed by atoms with Gasteiger partial charge in [-0.2, -0.15) is 0 Å². The summed E-state index contributed by atoms with van der Waals surface area (Å²) in [5.74, 6) is 0.567. The summed E-state index contributed by atoms with van der Waals surface area (Å²) >= 11 is 1.29. The minimum Gasteiger partial charge on any atom is -0.481 e. The van der Waals surface area contributed by atoms with Crippen molar-refractivity contribution in [3.05, 3.63) is 17.0 Å². The molecule has 20 heavy (non-hydrogen) atoms. The molecular formula is C13H20N2O4S. The van der Waals surface area contributed by atoms with Gasteiger partial charge in [0.1, 0.15) is 5.76 Å². The number of hydrogen-bond donors (Lipinski definition) is 2. The van der Waals surface area contributed by atoms with E-state index in [-0.39, 0.29) is 17.6 Å². The summed E-state index contributed by atoms with van der Waals surface area (Å²) in [6.07, 6.45) is 0.368. The SMILES string of the molecule is Cc1noc(C)c1C(C)CC(=O)NCCSCC(=O)O. The summed E-state index contributed by atoms with van der Waals surface area (Å²) in [6, 6.07) is 0. The van der Waals surface area contributed by atoms with Gasteiger partial charge in [0.2, 0.25) is 5.91 Å². The van der Waals surface area contributed by atoms with E-state index in [1.165, 1.54) is 11.8 Å². The lowest BCUT2D eigenvalue weighted by Crippen LogP contribution is -2.27. The Morgan fingerprint density at radius 1 is 1.45 bits per heavy atom. The molecule has 2 N–H and O–H groups in total. The zero-order valence-electron chi connectivity index (χ0n) is 11.9. The Bertz CT molecular complexity index is 453. The van der Waals surface area contributed by atoms with Crippen LogP contribution in [0.5, 0.6) is 0 Å². The molecule has 0 aliphatic carbocycles. The first-order valence-corrected chi connectivity index (χ1v) is 7.56. The maximum Gasteiger partial charge on any atom is 0.313 e. The number of aliphatic carboxylic acids is 1. The lowest BCUT2D eigenvalue weighted by atomic mass is 9.96. The summed E-state index contributed by atoms with van der Waals surface area (Å²) in [6.45, 7) is 6.14. The van der Waals surface area contributed by atoms with Gasteiger partial charge in [-0.3, -0.25) is 9.59 Å². The lowest BCUT2D eigenvalue weighted by Gasteiger charge is -2.11. The quantitative estimate of drug-likeness (QED) is 0.710. The largest absolute Gasteiger partial charge is 0.481 e. The maximum absolute atomic E-state index is 11.8. The standard InChI is InChI=1S/C13H20N2O4S/c1-8(13-9(2)15-19-10(13)3)6-11(16)14-4-5-20-7-12(17)18/h8H,4-7H2,1-3H3,(H,14,16)(H,17,18). The Morgan fingerprint density at radius 3 is 2.70 bits per heavy atom. The molecule has 1 atom stereocenters. The third-order valence-electron chi connectivity index (χ3n) is 2.87. The van der Waals surface area contributed by atoms with Crippen LogP contribution in [0, 0.1) is 13.8 Å². The number of nitrogens with zero attached hydrogens (tertiary/aromatic N) is 1. The van der Waals surface area contributed by atoms with E-state index in [0.717, 1.165) is 17.0 Å². The molecule has 7 heteroatoms. The normalized spacial score (nSPS) is 12.2. The molecule has 0 radical (unpaired) electrons. The van der Waals surface area contributed by atoms with Gasteiger partial charge in [-0.1, -0.05) is 12.1 Å². The van der Waals surface area contributed by atoms with E-state index in [1.807, 2.05) is 20.8 Å². The lowest BCUT2D eigenvalue weighted by molar-refractivity contribution is -0.133. The summed E-state index contributed by atoms with van der Waals surface area (Å²) in [5.41, 5.74) is 1.81. The molecular weight excluding hydrogens is 280 g/mol. The Kier molecular flexibility index (Phi) is 6.57. The van der Waals surface area contributed by atoms with Gasteiger partial charge in [0.25, 0.3) is 0 Å². The van der Waals surface area contributed by atoms with Crippen LogP contribution in [-0.4, -0.2) is 40.2 Å². The van der Waals surface area contributed by atoms with Gasteiger partial charge in [-0.15, -0.1) is 11.8 Å². The van der Waals surface area contributed by atoms with Gasteiger partial charge in [0, 0.05) is 24.3 Å². The van der Waals surface area contributed by atoms with Gasteiger partial charge in [0.05, 0.1) is 11.4 Å². The summed E-state index contributed by atoms with van der Waals surface area (Å²) in [7, 11) is 0. The highest BCUT2D eigenvalue weighted by molar-refractivity contribution is 7.99. The number of carbonyl (C=O) groups excluding carboxylic acids is 1. The average Bonchev–Trinajstić information content (AvgIpc) is 2.68. The third-order valence-corrected chi connectivity index (χ3v) is 3.81. The number of carboxylic acids is 1. The van der Waals surface area contributed by atoms with Crippen molar-refractivity contribution >= 4 is 23.6 Å². The Hall–Kier alpha value is -1.50. The molecule has 0 saturated heterocycles. The van der Waals surface area contributed by atoms with Crippen LogP contribution < -0.4 is 5.32 Å². The number of aromatic nitrogens is 1. The molecule has 1 unspecified atom stereocenters. The molecule has 0 spiro atoms. The Labute approximate surface area is 122 Å². The predicted molar refractivity (Wildman–Crippen MR) is 77.0 cm³/mol. The fourth-order valence-electron chi connectivity index (χ4n) is 2.07. The second-order valence-corrected chi connectivity index (χ2v) is 5.74. The Balaban J connectivity index is 2.30. The number of amides is 1. The minimum absolute atomic E-state index is 0.0478. The molecule has 0 aliphatic heterocycles. The van der Waals surface area contributed by atoms with Crippen LogP contribution >= 0.6 is 11.8 Å². The van der Waals surface area contributed by atoms with Crippen molar-refractivity contribution < 1.29 is 19.2 Å². The minimum atomic E-state index is -0.839. The van der Waals surface area contributed by atoms with Gasteiger partial charge in [-0.05, 0) is 19.8 Å². The molecule has 0 saturated carbocycles. The summed E-state index contributed by atoms with van der Waals surface area (Å²) in [5, 5.41) is 15.1. The number of aryl methyl sites for hydroxylation is 2. The third kappa shape index (κ3) is 5.24. The molecule has 1 aromatic heterocycles. The fraction of sp³-hybridized carbons (Fsp3) is 0.615. The smallest absolute Gasteiger partial charge is 0.313 e. The number of rotatable bonds is 8. The number of carboxylic acid groups (broad SMARTS) is 1. The highest BCUT2D eigenvalue weighted by Crippen LogP contribution is 2.25. The first kappa shape index (κ1) is 16.6. The molecule has 0 aliphatic rings. The average molecular weight is 300 g/mol. The van der Waals surface area contributed by atoms with Crippen LogP contribution in [0.1, 0.15) is 36.3 Å². The van der Waals surface area contributed by atoms with Crippen molar-refractivity contribution in [2.24, 2.45) is 0 Å². The molecule has 0 fully saturated rings. The number of carbonyl (C=O) groups is 2. The molecule has 0 bridgehead atoms. The van der Waals surface area contributed by atoms with Gasteiger partial charge in [0.15, 0.2) is 0 Å². The van der Waals surface area contributed by atoms with Crippen molar-refractivity contribution in [2.45, 2.75) is 33.1 Å². The first-order valence-electron chi connectivity index (χ1n) is 6.40. The van der Waals surface area contributed by atoms with Gasteiger partial charge in [-0.25, -0.2) is 0 Å². The second-order valence-electron chi connectivity index (χ2n) is 4.64. The van der Waals surface area contributed by atoms with E-state index >= 15 is 0 Å². The molecule has 1 aromatic rings. The zero-order chi connectivity index (χ0) is 15.1. The number of nitrogens with one attached hydrogen (secondary N) is 1. The molecule has 6 nitrogen and oxygen atoms in total. The van der Waals surface area contributed by atoms with E-state index in [0.29, 0.717) is 18.7 Å². The fourth-order valence-corrected chi connectivity index (χ4v) is 2.63. The first-order chi connectivity index (χ1) is 9.41. The van der Waals surface area contributed by atoms with E-state index in [2.05, 4.69) is 10.5 Å². The second kappa shape index (κ2) is 7.94. The molecule has 1 rings (SSSR count). The van der Waals surface area contributed by atoms with Crippen molar-refractivity contribution in [1.82, 2.24) is 10.5 Å². The zero-order valence-corrected chi connectivity index (χ0v) is 12.7. The summed E-state index contributed by atoms with van der Waals surface area (Å²) < 4.78 is 5.09. The van der Waals surface area contributed by atoms with Gasteiger partial charge >= 0.3 is 5.97 Å². The van der Waals surface area contributed by atoms with Crippen LogP contribution in [-0.2, 0) is 9.59 Å². The molecule has 1 amide bonds. The van der Waals surface area contributed by atoms with Crippen LogP contribution in [0.25, 0.3) is 0 Å². The van der Waals surface area contributed by atoms with Crippen LogP contribution in [0.15, 0.2) is 4.52 Å². The monoisotopic (exact) mass is 300 g/mol. The Morgan fingerprint density at radius 2 is 2.15 bits per heavy atom. The molecule has 0 aromatic carbocycles. The van der Waals surface area contributed by atoms with Crippen LogP contribution in [0.4, 0.5) is 0 Å². The summed E-state index contributed by atoms with van der Waals surface area (Å²) in [4.78, 5) is 22.1. The van der Waals surface area contributed by atoms with E-state index in [4.69, 9.17) is 9.63 Å². The number of thioether (sulfide) groups is 1. The highest BCUT2D eigenvalue weighted by atomic mass is 32.2. The van der Waals surface area contributed by atoms with E-state index < -0.39 is 5.97 Å². The van der Waals surface area contributed by atoms with Crippen LogP contribution in [0.2, 0.25) is 0 Å². The van der Waals surface area contributed by atoms with Crippen molar-refractivity contribution in [3.8, 4) is 0 Å². The molecule has 112 valence electrons.